The summed E-state index contributed by atoms with van der Waals surface area (Å²) in [5.74, 6) is -0.628. The highest BCUT2D eigenvalue weighted by Gasteiger charge is 2.16. The molecule has 0 unspecified atom stereocenters. The highest BCUT2D eigenvalue weighted by molar-refractivity contribution is 6.04. The van der Waals surface area contributed by atoms with E-state index in [-0.39, 0.29) is 17.1 Å². The Morgan fingerprint density at radius 2 is 1.80 bits per heavy atom. The predicted octanol–water partition coefficient (Wildman–Crippen LogP) is 3.77. The number of rotatable bonds is 2. The van der Waals surface area contributed by atoms with E-state index in [4.69, 9.17) is 0 Å². The maximum atomic E-state index is 12.8. The molecule has 104 valence electrons. The molecular formula is C16H17FN2O. The SMILES string of the molecule is CC(C)(C)c1cc(NC(=O)c2ccc(F)cc2)ccn1. The van der Waals surface area contributed by atoms with Crippen molar-refractivity contribution in [2.75, 3.05) is 5.32 Å². The fourth-order valence-corrected chi connectivity index (χ4v) is 1.72. The number of hydrogen-bond acceptors (Lipinski definition) is 2. The van der Waals surface area contributed by atoms with Gasteiger partial charge >= 0.3 is 0 Å². The molecule has 1 aromatic carbocycles. The van der Waals surface area contributed by atoms with Crippen LogP contribution in [0.4, 0.5) is 10.1 Å². The molecule has 1 amide bonds. The Morgan fingerprint density at radius 3 is 2.40 bits per heavy atom. The largest absolute Gasteiger partial charge is 0.322 e. The average Bonchev–Trinajstić information content (AvgIpc) is 2.38. The lowest BCUT2D eigenvalue weighted by Gasteiger charge is -2.18. The second kappa shape index (κ2) is 5.41. The average molecular weight is 272 g/mol. The van der Waals surface area contributed by atoms with Crippen molar-refractivity contribution in [1.82, 2.24) is 4.98 Å². The zero-order chi connectivity index (χ0) is 14.8. The summed E-state index contributed by atoms with van der Waals surface area (Å²) in [6, 6.07) is 9.02. The maximum Gasteiger partial charge on any atom is 0.255 e. The Bertz CT molecular complexity index is 615. The van der Waals surface area contributed by atoms with Crippen LogP contribution in [-0.2, 0) is 5.41 Å². The Morgan fingerprint density at radius 1 is 1.15 bits per heavy atom. The van der Waals surface area contributed by atoms with Crippen LogP contribution < -0.4 is 5.32 Å². The summed E-state index contributed by atoms with van der Waals surface area (Å²) in [5, 5.41) is 2.79. The number of nitrogens with one attached hydrogen (secondary N) is 1. The molecule has 0 saturated carbocycles. The number of nitrogens with zero attached hydrogens (tertiary/aromatic N) is 1. The summed E-state index contributed by atoms with van der Waals surface area (Å²) >= 11 is 0. The van der Waals surface area contributed by atoms with E-state index in [1.807, 2.05) is 6.07 Å². The first kappa shape index (κ1) is 14.2. The molecule has 4 heteroatoms. The normalized spacial score (nSPS) is 11.2. The van der Waals surface area contributed by atoms with E-state index in [1.165, 1.54) is 24.3 Å². The molecule has 20 heavy (non-hydrogen) atoms. The highest BCUT2D eigenvalue weighted by atomic mass is 19.1. The standard InChI is InChI=1S/C16H17FN2O/c1-16(2,3)14-10-13(8-9-18-14)19-15(20)11-4-6-12(17)7-5-11/h4-10H,1-3H3,(H,18,19,20). The van der Waals surface area contributed by atoms with E-state index in [0.29, 0.717) is 11.3 Å². The van der Waals surface area contributed by atoms with Crippen molar-refractivity contribution >= 4 is 11.6 Å². The molecule has 1 N–H and O–H groups in total. The maximum absolute atomic E-state index is 12.8. The highest BCUT2D eigenvalue weighted by Crippen LogP contribution is 2.22. The van der Waals surface area contributed by atoms with E-state index in [0.717, 1.165) is 5.69 Å². The van der Waals surface area contributed by atoms with Crippen LogP contribution in [0.5, 0.6) is 0 Å². The van der Waals surface area contributed by atoms with Gasteiger partial charge in [0.25, 0.3) is 5.91 Å². The molecule has 0 aliphatic carbocycles. The summed E-state index contributed by atoms with van der Waals surface area (Å²) < 4.78 is 12.8. The molecule has 0 radical (unpaired) electrons. The lowest BCUT2D eigenvalue weighted by molar-refractivity contribution is 0.102. The molecule has 2 aromatic rings. The first-order chi connectivity index (χ1) is 9.36. The molecule has 0 atom stereocenters. The molecule has 2 rings (SSSR count). The fraction of sp³-hybridized carbons (Fsp3) is 0.250. The van der Waals surface area contributed by atoms with Gasteiger partial charge in [0.05, 0.1) is 0 Å². The van der Waals surface area contributed by atoms with Crippen LogP contribution in [0.2, 0.25) is 0 Å². The monoisotopic (exact) mass is 272 g/mol. The molecule has 0 spiro atoms. The third kappa shape index (κ3) is 3.41. The van der Waals surface area contributed by atoms with E-state index in [1.54, 1.807) is 12.3 Å². The van der Waals surface area contributed by atoms with Gasteiger partial charge in [0, 0.05) is 28.6 Å². The van der Waals surface area contributed by atoms with E-state index >= 15 is 0 Å². The Kier molecular flexibility index (Phi) is 3.84. The summed E-state index contributed by atoms with van der Waals surface area (Å²) in [7, 11) is 0. The summed E-state index contributed by atoms with van der Waals surface area (Å²) in [4.78, 5) is 16.3. The third-order valence-corrected chi connectivity index (χ3v) is 2.89. The van der Waals surface area contributed by atoms with Gasteiger partial charge in [0.15, 0.2) is 0 Å². The van der Waals surface area contributed by atoms with Crippen LogP contribution in [0.1, 0.15) is 36.8 Å². The fourth-order valence-electron chi connectivity index (χ4n) is 1.72. The van der Waals surface area contributed by atoms with Crippen molar-refractivity contribution in [3.8, 4) is 0 Å². The van der Waals surface area contributed by atoms with Crippen LogP contribution in [0.25, 0.3) is 0 Å². The van der Waals surface area contributed by atoms with Gasteiger partial charge in [-0.1, -0.05) is 20.8 Å². The Labute approximate surface area is 117 Å². The van der Waals surface area contributed by atoms with Crippen LogP contribution in [0.15, 0.2) is 42.6 Å². The van der Waals surface area contributed by atoms with Gasteiger partial charge in [-0.3, -0.25) is 9.78 Å². The van der Waals surface area contributed by atoms with Crippen molar-refractivity contribution in [2.45, 2.75) is 26.2 Å². The van der Waals surface area contributed by atoms with E-state index in [9.17, 15) is 9.18 Å². The zero-order valence-electron chi connectivity index (χ0n) is 11.8. The minimum absolute atomic E-state index is 0.0867. The van der Waals surface area contributed by atoms with Gasteiger partial charge in [-0.05, 0) is 36.4 Å². The molecule has 1 heterocycles. The van der Waals surface area contributed by atoms with Gasteiger partial charge in [-0.2, -0.15) is 0 Å². The second-order valence-corrected chi connectivity index (χ2v) is 5.64. The Hall–Kier alpha value is -2.23. The van der Waals surface area contributed by atoms with Crippen molar-refractivity contribution in [3.63, 3.8) is 0 Å². The van der Waals surface area contributed by atoms with Gasteiger partial charge in [-0.15, -0.1) is 0 Å². The number of aromatic nitrogens is 1. The van der Waals surface area contributed by atoms with Crippen LogP contribution in [0.3, 0.4) is 0 Å². The molecule has 0 bridgehead atoms. The Balaban J connectivity index is 2.18. The number of amides is 1. The van der Waals surface area contributed by atoms with Crippen LogP contribution in [-0.4, -0.2) is 10.9 Å². The molecule has 0 aliphatic rings. The van der Waals surface area contributed by atoms with Crippen molar-refractivity contribution in [2.24, 2.45) is 0 Å². The van der Waals surface area contributed by atoms with Crippen molar-refractivity contribution in [3.05, 3.63) is 59.7 Å². The molecule has 3 nitrogen and oxygen atoms in total. The number of halogens is 1. The minimum atomic E-state index is -0.361. The number of pyridine rings is 1. The lowest BCUT2D eigenvalue weighted by Crippen LogP contribution is -2.16. The molecule has 0 aliphatic heterocycles. The molecule has 0 fully saturated rings. The molecule has 0 saturated heterocycles. The van der Waals surface area contributed by atoms with Gasteiger partial charge in [0.2, 0.25) is 0 Å². The number of carbonyl (C=O) groups is 1. The van der Waals surface area contributed by atoms with Crippen LogP contribution >= 0.6 is 0 Å². The number of hydrogen-bond donors (Lipinski definition) is 1. The summed E-state index contributed by atoms with van der Waals surface area (Å²) in [6.45, 7) is 6.17. The van der Waals surface area contributed by atoms with Gasteiger partial charge in [-0.25, -0.2) is 4.39 Å². The lowest BCUT2D eigenvalue weighted by atomic mass is 9.91. The summed E-state index contributed by atoms with van der Waals surface area (Å²) in [5.41, 5.74) is 1.91. The predicted molar refractivity (Wildman–Crippen MR) is 77.3 cm³/mol. The molecule has 1 aromatic heterocycles. The van der Waals surface area contributed by atoms with Crippen LogP contribution in [0, 0.1) is 5.82 Å². The number of benzene rings is 1. The van der Waals surface area contributed by atoms with E-state index < -0.39 is 0 Å². The minimum Gasteiger partial charge on any atom is -0.322 e. The first-order valence-electron chi connectivity index (χ1n) is 6.40. The first-order valence-corrected chi connectivity index (χ1v) is 6.40. The summed E-state index contributed by atoms with van der Waals surface area (Å²) in [6.07, 6.45) is 1.67. The topological polar surface area (TPSA) is 42.0 Å². The number of anilines is 1. The zero-order valence-corrected chi connectivity index (χ0v) is 11.8. The van der Waals surface area contributed by atoms with Gasteiger partial charge in [0.1, 0.15) is 5.82 Å². The quantitative estimate of drug-likeness (QED) is 0.904. The third-order valence-electron chi connectivity index (χ3n) is 2.89. The smallest absolute Gasteiger partial charge is 0.255 e. The van der Waals surface area contributed by atoms with Gasteiger partial charge < -0.3 is 5.32 Å². The van der Waals surface area contributed by atoms with Crippen molar-refractivity contribution < 1.29 is 9.18 Å². The van der Waals surface area contributed by atoms with Crippen molar-refractivity contribution in [1.29, 1.82) is 0 Å². The number of carbonyl (C=O) groups excluding carboxylic acids is 1. The van der Waals surface area contributed by atoms with E-state index in [2.05, 4.69) is 31.1 Å². The molecular weight excluding hydrogens is 255 g/mol. The second-order valence-electron chi connectivity index (χ2n) is 5.64.